The van der Waals surface area contributed by atoms with Crippen LogP contribution in [0.5, 0.6) is 5.75 Å². The Morgan fingerprint density at radius 1 is 1.07 bits per heavy atom. The number of hydrogen-bond donors (Lipinski definition) is 0. The van der Waals surface area contributed by atoms with Gasteiger partial charge < -0.3 is 4.74 Å². The first-order valence-electron chi connectivity index (χ1n) is 9.83. The molecule has 2 aliphatic rings. The maximum absolute atomic E-state index is 6.24. The maximum atomic E-state index is 6.24. The minimum absolute atomic E-state index is 0.680. The molecule has 1 saturated carbocycles. The van der Waals surface area contributed by atoms with E-state index in [0.29, 0.717) is 12.8 Å². The molecule has 0 radical (unpaired) electrons. The Hall–Kier alpha value is -2.04. The van der Waals surface area contributed by atoms with Crippen LogP contribution in [0, 0.1) is 0 Å². The van der Waals surface area contributed by atoms with Gasteiger partial charge in [-0.25, -0.2) is 0 Å². The van der Waals surface area contributed by atoms with Crippen LogP contribution in [0.15, 0.2) is 59.6 Å². The summed E-state index contributed by atoms with van der Waals surface area (Å²) in [6, 6.07) is 17.9. The molecule has 1 aliphatic heterocycles. The maximum Gasteiger partial charge on any atom is 0.152 e. The van der Waals surface area contributed by atoms with E-state index >= 15 is 0 Å². The average molecular weight is 377 g/mol. The first-order valence-corrected chi connectivity index (χ1v) is 10.8. The summed E-state index contributed by atoms with van der Waals surface area (Å²) in [7, 11) is 0. The van der Waals surface area contributed by atoms with E-state index in [-0.39, 0.29) is 0 Å². The monoisotopic (exact) mass is 376 g/mol. The third-order valence-corrected chi connectivity index (χ3v) is 6.80. The Balaban J connectivity index is 1.48. The van der Waals surface area contributed by atoms with Crippen LogP contribution in [0.1, 0.15) is 36.8 Å². The third-order valence-electron chi connectivity index (χ3n) is 5.74. The van der Waals surface area contributed by atoms with E-state index in [0.717, 1.165) is 23.6 Å². The van der Waals surface area contributed by atoms with Crippen molar-refractivity contribution in [2.45, 2.75) is 48.9 Å². The lowest BCUT2D eigenvalue weighted by molar-refractivity contribution is 0.0590. The van der Waals surface area contributed by atoms with Gasteiger partial charge in [0, 0.05) is 40.4 Å². The summed E-state index contributed by atoms with van der Waals surface area (Å²) in [6.45, 7) is 1.68. The lowest BCUT2D eigenvalue weighted by Gasteiger charge is -2.34. The number of hydrogen-bond acceptors (Lipinski definition) is 4. The first kappa shape index (κ1) is 17.1. The topological polar surface area (TPSA) is 25.4 Å². The number of fused-ring (bicyclic) bond motifs is 3. The highest BCUT2D eigenvalue weighted by molar-refractivity contribution is 7.98. The van der Waals surface area contributed by atoms with Gasteiger partial charge >= 0.3 is 0 Å². The van der Waals surface area contributed by atoms with Crippen molar-refractivity contribution in [2.75, 3.05) is 6.73 Å². The van der Waals surface area contributed by atoms with E-state index in [9.17, 15) is 0 Å². The zero-order valence-corrected chi connectivity index (χ0v) is 16.3. The van der Waals surface area contributed by atoms with Crippen LogP contribution in [0.2, 0.25) is 0 Å². The third kappa shape index (κ3) is 3.44. The zero-order valence-electron chi connectivity index (χ0n) is 15.4. The standard InChI is InChI=1S/C23H24N2OS/c1-2-9-20(10-3-1)27-15-18-13-17-14-25(19-7-4-5-8-19)16-26-23(17)22-21(18)11-6-12-24-22/h1-3,6,9-13,19H,4-5,7-8,14-16H2. The smallest absolute Gasteiger partial charge is 0.152 e. The molecule has 0 unspecified atom stereocenters. The quantitative estimate of drug-likeness (QED) is 0.552. The molecule has 0 saturated heterocycles. The fraction of sp³-hybridized carbons (Fsp3) is 0.348. The van der Waals surface area contributed by atoms with Crippen LogP contribution >= 0.6 is 11.8 Å². The number of ether oxygens (including phenoxy) is 1. The molecule has 1 aromatic heterocycles. The van der Waals surface area contributed by atoms with Gasteiger partial charge in [0.25, 0.3) is 0 Å². The molecule has 0 atom stereocenters. The van der Waals surface area contributed by atoms with Crippen LogP contribution in [-0.2, 0) is 12.3 Å². The Labute approximate surface area is 164 Å². The highest BCUT2D eigenvalue weighted by Gasteiger charge is 2.28. The lowest BCUT2D eigenvalue weighted by Crippen LogP contribution is -2.39. The van der Waals surface area contributed by atoms with Gasteiger partial charge in [0.2, 0.25) is 0 Å². The molecule has 27 heavy (non-hydrogen) atoms. The van der Waals surface area contributed by atoms with Gasteiger partial charge in [0.15, 0.2) is 5.75 Å². The summed E-state index contributed by atoms with van der Waals surface area (Å²) < 4.78 is 6.24. The molecule has 2 aromatic carbocycles. The molecule has 0 N–H and O–H groups in total. The highest BCUT2D eigenvalue weighted by atomic mass is 32.2. The summed E-state index contributed by atoms with van der Waals surface area (Å²) >= 11 is 1.88. The van der Waals surface area contributed by atoms with Crippen molar-refractivity contribution in [3.05, 3.63) is 65.9 Å². The van der Waals surface area contributed by atoms with Gasteiger partial charge in [-0.2, -0.15) is 0 Å². The Bertz CT molecular complexity index is 938. The molecule has 4 heteroatoms. The van der Waals surface area contributed by atoms with Gasteiger partial charge in [0.1, 0.15) is 12.2 Å². The van der Waals surface area contributed by atoms with Crippen LogP contribution < -0.4 is 4.74 Å². The summed E-state index contributed by atoms with van der Waals surface area (Å²) in [6.07, 6.45) is 7.20. The van der Waals surface area contributed by atoms with Gasteiger partial charge in [-0.1, -0.05) is 37.1 Å². The van der Waals surface area contributed by atoms with E-state index in [2.05, 4.69) is 52.3 Å². The second-order valence-electron chi connectivity index (χ2n) is 7.48. The van der Waals surface area contributed by atoms with Gasteiger partial charge in [-0.05, 0) is 42.7 Å². The number of aromatic nitrogens is 1. The fourth-order valence-corrected chi connectivity index (χ4v) is 5.25. The summed E-state index contributed by atoms with van der Waals surface area (Å²) in [5.74, 6) is 1.94. The number of pyridine rings is 1. The molecule has 1 fully saturated rings. The highest BCUT2D eigenvalue weighted by Crippen LogP contribution is 2.38. The van der Waals surface area contributed by atoms with Crippen molar-refractivity contribution in [1.82, 2.24) is 9.88 Å². The van der Waals surface area contributed by atoms with E-state index in [1.807, 2.05) is 24.0 Å². The van der Waals surface area contributed by atoms with Crippen molar-refractivity contribution in [3.63, 3.8) is 0 Å². The molecule has 0 spiro atoms. The number of benzene rings is 2. The summed E-state index contributed by atoms with van der Waals surface area (Å²) in [4.78, 5) is 8.49. The van der Waals surface area contributed by atoms with Gasteiger partial charge in [-0.15, -0.1) is 11.8 Å². The minimum atomic E-state index is 0.680. The predicted octanol–water partition coefficient (Wildman–Crippen LogP) is 5.62. The van der Waals surface area contributed by atoms with Crippen molar-refractivity contribution < 1.29 is 4.74 Å². The number of rotatable bonds is 4. The van der Waals surface area contributed by atoms with Crippen LogP contribution in [0.25, 0.3) is 10.9 Å². The molecule has 138 valence electrons. The van der Waals surface area contributed by atoms with E-state index < -0.39 is 0 Å². The molecule has 5 rings (SSSR count). The molecule has 0 bridgehead atoms. The normalized spacial score (nSPS) is 17.8. The Morgan fingerprint density at radius 2 is 1.93 bits per heavy atom. The van der Waals surface area contributed by atoms with Crippen molar-refractivity contribution in [1.29, 1.82) is 0 Å². The first-order chi connectivity index (χ1) is 13.4. The van der Waals surface area contributed by atoms with E-state index in [1.54, 1.807) is 0 Å². The molecule has 3 aromatic rings. The second-order valence-corrected chi connectivity index (χ2v) is 8.53. The van der Waals surface area contributed by atoms with Crippen LogP contribution in [0.4, 0.5) is 0 Å². The predicted molar refractivity (Wildman–Crippen MR) is 111 cm³/mol. The van der Waals surface area contributed by atoms with E-state index in [1.165, 1.54) is 47.1 Å². The molecule has 0 amide bonds. The Kier molecular flexibility index (Phi) is 4.76. The molecule has 1 aliphatic carbocycles. The second kappa shape index (κ2) is 7.53. The molecular weight excluding hydrogens is 352 g/mol. The van der Waals surface area contributed by atoms with Gasteiger partial charge in [0.05, 0.1) is 0 Å². The van der Waals surface area contributed by atoms with Crippen molar-refractivity contribution in [3.8, 4) is 5.75 Å². The number of nitrogens with zero attached hydrogens (tertiary/aromatic N) is 2. The fourth-order valence-electron chi connectivity index (χ4n) is 4.34. The minimum Gasteiger partial charge on any atom is -0.475 e. The van der Waals surface area contributed by atoms with Crippen LogP contribution in [0.3, 0.4) is 0 Å². The molecule has 3 nitrogen and oxygen atoms in total. The molecule has 2 heterocycles. The summed E-state index contributed by atoms with van der Waals surface area (Å²) in [5, 5.41) is 1.22. The largest absolute Gasteiger partial charge is 0.475 e. The molecular formula is C23H24N2OS. The van der Waals surface area contributed by atoms with Gasteiger partial charge in [-0.3, -0.25) is 9.88 Å². The zero-order chi connectivity index (χ0) is 18.1. The number of thioether (sulfide) groups is 1. The summed E-state index contributed by atoms with van der Waals surface area (Å²) in [5.41, 5.74) is 3.66. The van der Waals surface area contributed by atoms with Crippen molar-refractivity contribution >= 4 is 22.7 Å². The van der Waals surface area contributed by atoms with Crippen molar-refractivity contribution in [2.24, 2.45) is 0 Å². The average Bonchev–Trinajstić information content (AvgIpc) is 3.27. The van der Waals surface area contributed by atoms with E-state index in [4.69, 9.17) is 4.74 Å². The SMILES string of the molecule is c1ccc(SCc2cc3c(c4ncccc24)OCN(C2CCCC2)C3)cc1. The van der Waals surface area contributed by atoms with Crippen LogP contribution in [-0.4, -0.2) is 22.7 Å². The lowest BCUT2D eigenvalue weighted by atomic mass is 10.0. The Morgan fingerprint density at radius 3 is 2.78 bits per heavy atom.